The van der Waals surface area contributed by atoms with Gasteiger partial charge in [-0.25, -0.2) is 0 Å². The Bertz CT molecular complexity index is 125. The zero-order chi connectivity index (χ0) is 8.85. The average molecular weight is 158 g/mol. The summed E-state index contributed by atoms with van der Waals surface area (Å²) in [6.45, 7) is 11.1. The third-order valence-corrected chi connectivity index (χ3v) is 1.34. The van der Waals surface area contributed by atoms with E-state index in [-0.39, 0.29) is 0 Å². The monoisotopic (exact) mass is 158 g/mol. The van der Waals surface area contributed by atoms with Gasteiger partial charge >= 0.3 is 0 Å². The van der Waals surface area contributed by atoms with Crippen molar-refractivity contribution in [3.05, 3.63) is 12.3 Å². The van der Waals surface area contributed by atoms with Crippen molar-refractivity contribution < 1.29 is 4.74 Å². The maximum Gasteiger partial charge on any atom is 0.135 e. The van der Waals surface area contributed by atoms with E-state index in [1.165, 1.54) is 0 Å². The summed E-state index contributed by atoms with van der Waals surface area (Å²) >= 11 is 0. The third-order valence-electron chi connectivity index (χ3n) is 1.34. The second-order valence-electron chi connectivity index (χ2n) is 2.25. The number of hydrazine groups is 1. The number of rotatable bonds is 1. The van der Waals surface area contributed by atoms with Gasteiger partial charge in [-0.3, -0.25) is 5.01 Å². The molecule has 1 fully saturated rings. The van der Waals surface area contributed by atoms with Crippen molar-refractivity contribution in [1.82, 2.24) is 10.0 Å². The summed E-state index contributed by atoms with van der Waals surface area (Å²) in [5, 5.41) is 3.97. The van der Waals surface area contributed by atoms with Crippen LogP contribution in [0.25, 0.3) is 0 Å². The molecular formula is C8H18N2O. The molecule has 0 bridgehead atoms. The van der Waals surface area contributed by atoms with Crippen molar-refractivity contribution in [3.63, 3.8) is 0 Å². The molecule has 0 aromatic carbocycles. The first-order valence-electron chi connectivity index (χ1n) is 3.93. The summed E-state index contributed by atoms with van der Waals surface area (Å²) < 4.78 is 5.12. The molecule has 0 amide bonds. The van der Waals surface area contributed by atoms with Crippen molar-refractivity contribution in [3.8, 4) is 0 Å². The molecule has 1 rings (SSSR count). The molecule has 1 aliphatic heterocycles. The first-order chi connectivity index (χ1) is 5.22. The minimum atomic E-state index is 0.645. The highest BCUT2D eigenvalue weighted by molar-refractivity contribution is 4.85. The van der Waals surface area contributed by atoms with Gasteiger partial charge in [0.05, 0.1) is 0 Å². The number of hydrogen-bond donors (Lipinski definition) is 0. The van der Waals surface area contributed by atoms with Crippen LogP contribution in [0.4, 0.5) is 0 Å². The largest absolute Gasteiger partial charge is 0.343 e. The lowest BCUT2D eigenvalue weighted by molar-refractivity contribution is 0.0994. The van der Waals surface area contributed by atoms with Crippen LogP contribution in [0.3, 0.4) is 0 Å². The number of allylic oxidation sites excluding steroid dienone is 1. The van der Waals surface area contributed by atoms with E-state index < -0.39 is 0 Å². The molecule has 3 heteroatoms. The van der Waals surface area contributed by atoms with Crippen molar-refractivity contribution in [2.45, 2.75) is 20.8 Å². The predicted octanol–water partition coefficient (Wildman–Crippen LogP) is 1.64. The quantitative estimate of drug-likeness (QED) is 0.577. The van der Waals surface area contributed by atoms with Gasteiger partial charge in [-0.15, -0.1) is 0 Å². The molecule has 3 nitrogen and oxygen atoms in total. The molecule has 0 aliphatic carbocycles. The fourth-order valence-electron chi connectivity index (χ4n) is 0.829. The van der Waals surface area contributed by atoms with E-state index in [1.807, 2.05) is 37.8 Å². The maximum atomic E-state index is 5.12. The molecule has 11 heavy (non-hydrogen) atoms. The van der Waals surface area contributed by atoms with E-state index in [2.05, 4.69) is 6.58 Å². The van der Waals surface area contributed by atoms with E-state index in [4.69, 9.17) is 4.74 Å². The molecule has 1 aliphatic rings. The molecule has 0 radical (unpaired) electrons. The SMILES string of the molecule is C=C(C)N1COCN1C.CC. The minimum absolute atomic E-state index is 0.645. The molecule has 0 saturated carbocycles. The molecule has 0 N–H and O–H groups in total. The van der Waals surface area contributed by atoms with Gasteiger partial charge in [0.15, 0.2) is 0 Å². The lowest BCUT2D eigenvalue weighted by Gasteiger charge is -2.22. The first-order valence-corrected chi connectivity index (χ1v) is 3.93. The molecule has 0 aromatic rings. The Morgan fingerprint density at radius 1 is 1.36 bits per heavy atom. The number of ether oxygens (including phenoxy) is 1. The third kappa shape index (κ3) is 2.91. The Balaban J connectivity index is 0.000000461. The Hall–Kier alpha value is -0.540. The van der Waals surface area contributed by atoms with Gasteiger partial charge < -0.3 is 4.74 Å². The van der Waals surface area contributed by atoms with Crippen molar-refractivity contribution in [1.29, 1.82) is 0 Å². The van der Waals surface area contributed by atoms with Gasteiger partial charge in [0.25, 0.3) is 0 Å². The zero-order valence-corrected chi connectivity index (χ0v) is 7.92. The summed E-state index contributed by atoms with van der Waals surface area (Å²) in [6, 6.07) is 0. The zero-order valence-electron chi connectivity index (χ0n) is 7.92. The van der Waals surface area contributed by atoms with Crippen molar-refractivity contribution in [2.24, 2.45) is 0 Å². The molecule has 0 spiro atoms. The molecule has 1 saturated heterocycles. The van der Waals surface area contributed by atoms with Gasteiger partial charge in [-0.1, -0.05) is 20.4 Å². The summed E-state index contributed by atoms with van der Waals surface area (Å²) in [7, 11) is 1.97. The highest BCUT2D eigenvalue weighted by Gasteiger charge is 2.16. The molecule has 0 unspecified atom stereocenters. The molecular weight excluding hydrogens is 140 g/mol. The van der Waals surface area contributed by atoms with Crippen molar-refractivity contribution in [2.75, 3.05) is 20.5 Å². The Morgan fingerprint density at radius 3 is 2.09 bits per heavy atom. The fraction of sp³-hybridized carbons (Fsp3) is 0.750. The minimum Gasteiger partial charge on any atom is -0.343 e. The smallest absolute Gasteiger partial charge is 0.135 e. The van der Waals surface area contributed by atoms with E-state index in [0.29, 0.717) is 13.5 Å². The van der Waals surface area contributed by atoms with Crippen LogP contribution in [0.15, 0.2) is 12.3 Å². The van der Waals surface area contributed by atoms with Crippen LogP contribution < -0.4 is 0 Å². The van der Waals surface area contributed by atoms with E-state index >= 15 is 0 Å². The van der Waals surface area contributed by atoms with E-state index in [0.717, 1.165) is 5.70 Å². The Labute approximate surface area is 69.2 Å². The van der Waals surface area contributed by atoms with Crippen LogP contribution in [0, 0.1) is 0 Å². The Kier molecular flexibility index (Phi) is 4.90. The Morgan fingerprint density at radius 2 is 1.91 bits per heavy atom. The van der Waals surface area contributed by atoms with Gasteiger partial charge in [0, 0.05) is 12.7 Å². The summed E-state index contributed by atoms with van der Waals surface area (Å²) in [6.07, 6.45) is 0. The lowest BCUT2D eigenvalue weighted by Crippen LogP contribution is -2.30. The van der Waals surface area contributed by atoms with Gasteiger partial charge in [0.2, 0.25) is 0 Å². The van der Waals surface area contributed by atoms with Crippen LogP contribution in [-0.2, 0) is 4.74 Å². The number of hydrogen-bond acceptors (Lipinski definition) is 3. The van der Waals surface area contributed by atoms with E-state index in [1.54, 1.807) is 0 Å². The van der Waals surface area contributed by atoms with Crippen molar-refractivity contribution >= 4 is 0 Å². The molecule has 0 aromatic heterocycles. The van der Waals surface area contributed by atoms with Crippen LogP contribution in [0.5, 0.6) is 0 Å². The molecule has 66 valence electrons. The average Bonchev–Trinajstić information content (AvgIpc) is 2.39. The van der Waals surface area contributed by atoms with Gasteiger partial charge in [-0.2, -0.15) is 5.01 Å². The molecule has 1 heterocycles. The highest BCUT2D eigenvalue weighted by Crippen LogP contribution is 2.09. The molecule has 0 atom stereocenters. The van der Waals surface area contributed by atoms with Gasteiger partial charge in [0.1, 0.15) is 13.5 Å². The predicted molar refractivity (Wildman–Crippen MR) is 46.6 cm³/mol. The van der Waals surface area contributed by atoms with Crippen LogP contribution in [-0.4, -0.2) is 30.5 Å². The number of nitrogens with zero attached hydrogens (tertiary/aromatic N) is 2. The maximum absolute atomic E-state index is 5.12. The van der Waals surface area contributed by atoms with Crippen LogP contribution >= 0.6 is 0 Å². The topological polar surface area (TPSA) is 15.7 Å². The first kappa shape index (κ1) is 10.5. The second-order valence-corrected chi connectivity index (χ2v) is 2.25. The van der Waals surface area contributed by atoms with Crippen LogP contribution in [0.2, 0.25) is 0 Å². The fourth-order valence-corrected chi connectivity index (χ4v) is 0.829. The summed E-state index contributed by atoms with van der Waals surface area (Å²) in [4.78, 5) is 0. The summed E-state index contributed by atoms with van der Waals surface area (Å²) in [5.41, 5.74) is 1.02. The lowest BCUT2D eigenvalue weighted by atomic mass is 10.5. The highest BCUT2D eigenvalue weighted by atomic mass is 16.5. The van der Waals surface area contributed by atoms with Crippen LogP contribution in [0.1, 0.15) is 20.8 Å². The van der Waals surface area contributed by atoms with E-state index in [9.17, 15) is 0 Å². The van der Waals surface area contributed by atoms with Gasteiger partial charge in [-0.05, 0) is 6.92 Å². The standard InChI is InChI=1S/C6H12N2O.C2H6/c1-6(2)8-5-9-4-7(8)3;1-2/h1,4-5H2,2-3H3;1-2H3. The summed E-state index contributed by atoms with van der Waals surface area (Å²) in [5.74, 6) is 0. The normalized spacial score (nSPS) is 17.6. The second kappa shape index (κ2) is 5.16.